The smallest absolute Gasteiger partial charge is 0.244 e. The van der Waals surface area contributed by atoms with Gasteiger partial charge in [0.15, 0.2) is 0 Å². The fraction of sp³-hybridized carbons (Fsp3) is 0.800. The molecule has 1 aromatic heterocycles. The molecule has 1 atom stereocenters. The first-order valence-electron chi connectivity index (χ1n) is 7.84. The third kappa shape index (κ3) is 4.79. The fourth-order valence-electron chi connectivity index (χ4n) is 2.63. The average molecular weight is 330 g/mol. The van der Waals surface area contributed by atoms with Crippen LogP contribution in [0.4, 0.5) is 0 Å². The zero-order chi connectivity index (χ0) is 17.1. The van der Waals surface area contributed by atoms with Crippen molar-refractivity contribution in [3.8, 4) is 0 Å². The number of nitrogens with zero attached hydrogens (tertiary/aromatic N) is 2. The minimum absolute atomic E-state index is 0.253. The second-order valence-corrected chi connectivity index (χ2v) is 8.41. The van der Waals surface area contributed by atoms with E-state index in [-0.39, 0.29) is 17.5 Å². The molecule has 1 unspecified atom stereocenters. The molecule has 0 saturated heterocycles. The average Bonchev–Trinajstić information content (AvgIpc) is 2.62. The van der Waals surface area contributed by atoms with Gasteiger partial charge in [0.2, 0.25) is 10.0 Å². The van der Waals surface area contributed by atoms with E-state index in [2.05, 4.69) is 23.7 Å². The number of aryl methyl sites for hydroxylation is 1. The summed E-state index contributed by atoms with van der Waals surface area (Å²) in [6, 6.07) is -0.253. The molecule has 0 saturated carbocycles. The molecule has 0 amide bonds. The van der Waals surface area contributed by atoms with Crippen molar-refractivity contribution in [1.82, 2.24) is 14.5 Å². The van der Waals surface area contributed by atoms with Crippen LogP contribution in [0.25, 0.3) is 0 Å². The van der Waals surface area contributed by atoms with Gasteiger partial charge in [0, 0.05) is 19.1 Å². The SMILES string of the molecule is Cc1nn(CC(C)C)c(C)c1S(=O)(=O)NC(CN)CC(C)C. The van der Waals surface area contributed by atoms with Gasteiger partial charge in [-0.3, -0.25) is 4.68 Å². The molecule has 7 heteroatoms. The minimum Gasteiger partial charge on any atom is -0.329 e. The first kappa shape index (κ1) is 19.1. The molecule has 1 rings (SSSR count). The third-order valence-corrected chi connectivity index (χ3v) is 5.26. The Morgan fingerprint density at radius 1 is 1.18 bits per heavy atom. The quantitative estimate of drug-likeness (QED) is 0.760. The summed E-state index contributed by atoms with van der Waals surface area (Å²) in [6.45, 7) is 12.8. The summed E-state index contributed by atoms with van der Waals surface area (Å²) in [6.07, 6.45) is 0.716. The Kier molecular flexibility index (Phi) is 6.58. The molecule has 0 bridgehead atoms. The van der Waals surface area contributed by atoms with Crippen LogP contribution in [-0.2, 0) is 16.6 Å². The second-order valence-electron chi connectivity index (χ2n) is 6.76. The number of hydrogen-bond acceptors (Lipinski definition) is 4. The lowest BCUT2D eigenvalue weighted by molar-refractivity contribution is 0.463. The first-order valence-corrected chi connectivity index (χ1v) is 9.33. The van der Waals surface area contributed by atoms with Crippen molar-refractivity contribution in [2.45, 2.75) is 65.4 Å². The molecule has 0 spiro atoms. The predicted octanol–water partition coefficient (Wildman–Crippen LogP) is 1.81. The summed E-state index contributed by atoms with van der Waals surface area (Å²) in [7, 11) is -3.61. The monoisotopic (exact) mass is 330 g/mol. The van der Waals surface area contributed by atoms with Crippen LogP contribution in [0.2, 0.25) is 0 Å². The van der Waals surface area contributed by atoms with E-state index in [0.717, 1.165) is 0 Å². The van der Waals surface area contributed by atoms with Gasteiger partial charge in [-0.15, -0.1) is 0 Å². The molecule has 1 heterocycles. The molecular formula is C15H30N4O2S. The van der Waals surface area contributed by atoms with Crippen molar-refractivity contribution in [2.75, 3.05) is 6.54 Å². The maximum Gasteiger partial charge on any atom is 0.244 e. The van der Waals surface area contributed by atoms with Crippen molar-refractivity contribution in [1.29, 1.82) is 0 Å². The van der Waals surface area contributed by atoms with Gasteiger partial charge in [-0.2, -0.15) is 5.10 Å². The lowest BCUT2D eigenvalue weighted by Gasteiger charge is -2.19. The molecule has 22 heavy (non-hydrogen) atoms. The number of sulfonamides is 1. The Labute approximate surface area is 134 Å². The topological polar surface area (TPSA) is 90.0 Å². The van der Waals surface area contributed by atoms with E-state index in [1.165, 1.54) is 0 Å². The third-order valence-electron chi connectivity index (χ3n) is 3.48. The summed E-state index contributed by atoms with van der Waals surface area (Å²) < 4.78 is 29.9. The van der Waals surface area contributed by atoms with Crippen molar-refractivity contribution >= 4 is 10.0 Å². The largest absolute Gasteiger partial charge is 0.329 e. The van der Waals surface area contributed by atoms with E-state index in [1.807, 2.05) is 13.8 Å². The highest BCUT2D eigenvalue weighted by molar-refractivity contribution is 7.89. The summed E-state index contributed by atoms with van der Waals surface area (Å²) >= 11 is 0. The fourth-order valence-corrected chi connectivity index (χ4v) is 4.31. The normalized spacial score (nSPS) is 14.0. The summed E-state index contributed by atoms with van der Waals surface area (Å²) in [5, 5.41) is 4.38. The highest BCUT2D eigenvalue weighted by Crippen LogP contribution is 2.21. The van der Waals surface area contributed by atoms with Gasteiger partial charge in [0.25, 0.3) is 0 Å². The number of rotatable bonds is 8. The Morgan fingerprint density at radius 3 is 2.23 bits per heavy atom. The van der Waals surface area contributed by atoms with E-state index in [9.17, 15) is 8.42 Å². The second kappa shape index (κ2) is 7.57. The Balaban J connectivity index is 3.10. The Morgan fingerprint density at radius 2 is 1.77 bits per heavy atom. The van der Waals surface area contributed by atoms with Crippen LogP contribution >= 0.6 is 0 Å². The van der Waals surface area contributed by atoms with E-state index >= 15 is 0 Å². The van der Waals surface area contributed by atoms with Crippen molar-refractivity contribution in [3.63, 3.8) is 0 Å². The van der Waals surface area contributed by atoms with Crippen LogP contribution in [0.3, 0.4) is 0 Å². The van der Waals surface area contributed by atoms with Crippen LogP contribution in [0.15, 0.2) is 4.90 Å². The molecule has 0 radical (unpaired) electrons. The lowest BCUT2D eigenvalue weighted by atomic mass is 10.1. The number of hydrogen-bond donors (Lipinski definition) is 2. The standard InChI is InChI=1S/C15H30N4O2S/c1-10(2)7-14(8-16)18-22(20,21)15-12(5)17-19(13(15)6)9-11(3)4/h10-11,14,18H,7-9,16H2,1-6H3. The zero-order valence-corrected chi connectivity index (χ0v) is 15.4. The Hall–Kier alpha value is -0.920. The molecular weight excluding hydrogens is 300 g/mol. The van der Waals surface area contributed by atoms with Crippen LogP contribution in [0.1, 0.15) is 45.5 Å². The van der Waals surface area contributed by atoms with E-state index in [1.54, 1.807) is 18.5 Å². The van der Waals surface area contributed by atoms with E-state index in [4.69, 9.17) is 5.73 Å². The van der Waals surface area contributed by atoms with Gasteiger partial charge in [0.05, 0.1) is 11.4 Å². The lowest BCUT2D eigenvalue weighted by Crippen LogP contribution is -2.41. The van der Waals surface area contributed by atoms with Crippen molar-refractivity contribution < 1.29 is 8.42 Å². The van der Waals surface area contributed by atoms with Crippen LogP contribution in [0.5, 0.6) is 0 Å². The van der Waals surface area contributed by atoms with E-state index < -0.39 is 10.0 Å². The molecule has 0 aliphatic heterocycles. The molecule has 3 N–H and O–H groups in total. The van der Waals surface area contributed by atoms with E-state index in [0.29, 0.717) is 36.2 Å². The molecule has 0 aliphatic rings. The molecule has 6 nitrogen and oxygen atoms in total. The summed E-state index contributed by atoms with van der Waals surface area (Å²) in [4.78, 5) is 0.287. The van der Waals surface area contributed by atoms with Crippen LogP contribution in [0, 0.1) is 25.7 Å². The van der Waals surface area contributed by atoms with Crippen molar-refractivity contribution in [3.05, 3.63) is 11.4 Å². The van der Waals surface area contributed by atoms with Gasteiger partial charge in [-0.05, 0) is 32.1 Å². The molecule has 1 aromatic rings. The predicted molar refractivity (Wildman–Crippen MR) is 89.2 cm³/mol. The highest BCUT2D eigenvalue weighted by atomic mass is 32.2. The minimum atomic E-state index is -3.61. The maximum absolute atomic E-state index is 12.7. The van der Waals surface area contributed by atoms with Gasteiger partial charge in [-0.1, -0.05) is 27.7 Å². The van der Waals surface area contributed by atoms with Gasteiger partial charge in [-0.25, -0.2) is 13.1 Å². The van der Waals surface area contributed by atoms with Gasteiger partial charge >= 0.3 is 0 Å². The number of nitrogens with one attached hydrogen (secondary N) is 1. The van der Waals surface area contributed by atoms with Crippen LogP contribution in [-0.4, -0.2) is 30.8 Å². The first-order chi connectivity index (χ1) is 10.1. The summed E-state index contributed by atoms with van der Waals surface area (Å²) in [5.41, 5.74) is 6.92. The Bertz CT molecular complexity index is 591. The maximum atomic E-state index is 12.7. The molecule has 0 fully saturated rings. The van der Waals surface area contributed by atoms with Crippen LogP contribution < -0.4 is 10.5 Å². The number of nitrogens with two attached hydrogens (primary N) is 1. The molecule has 0 aromatic carbocycles. The highest BCUT2D eigenvalue weighted by Gasteiger charge is 2.27. The molecule has 0 aliphatic carbocycles. The summed E-state index contributed by atoms with van der Waals surface area (Å²) in [5.74, 6) is 0.779. The molecule has 128 valence electrons. The van der Waals surface area contributed by atoms with Crippen molar-refractivity contribution in [2.24, 2.45) is 17.6 Å². The zero-order valence-electron chi connectivity index (χ0n) is 14.5. The van der Waals surface area contributed by atoms with Gasteiger partial charge in [0.1, 0.15) is 4.90 Å². The number of aromatic nitrogens is 2. The van der Waals surface area contributed by atoms with Gasteiger partial charge < -0.3 is 5.73 Å².